The van der Waals surface area contributed by atoms with Gasteiger partial charge in [0.05, 0.1) is 16.7 Å². The Labute approximate surface area is 190 Å². The van der Waals surface area contributed by atoms with Crippen LogP contribution in [0, 0.1) is 5.21 Å². The first-order valence-electron chi connectivity index (χ1n) is 10.1. The smallest absolute Gasteiger partial charge is 0.259 e. The van der Waals surface area contributed by atoms with Gasteiger partial charge in [0.25, 0.3) is 11.9 Å². The second-order valence-electron chi connectivity index (χ2n) is 7.19. The van der Waals surface area contributed by atoms with Crippen molar-refractivity contribution in [1.29, 1.82) is 0 Å². The van der Waals surface area contributed by atoms with E-state index in [0.29, 0.717) is 27.8 Å². The van der Waals surface area contributed by atoms with Gasteiger partial charge in [0.1, 0.15) is 11.0 Å². The van der Waals surface area contributed by atoms with Crippen LogP contribution in [0.25, 0.3) is 34.0 Å². The highest BCUT2D eigenvalue weighted by Crippen LogP contribution is 2.22. The average molecular weight is 452 g/mol. The summed E-state index contributed by atoms with van der Waals surface area (Å²) < 4.78 is 2.99. The first-order chi connectivity index (χ1) is 16.7. The Balaban J connectivity index is 1.52. The summed E-state index contributed by atoms with van der Waals surface area (Å²) in [6, 6.07) is 21.0. The molecule has 0 saturated heterocycles. The van der Waals surface area contributed by atoms with E-state index in [4.69, 9.17) is 0 Å². The molecule has 0 saturated carbocycles. The zero-order chi connectivity index (χ0) is 23.1. The summed E-state index contributed by atoms with van der Waals surface area (Å²) >= 11 is 0. The van der Waals surface area contributed by atoms with Crippen molar-refractivity contribution in [2.75, 3.05) is 10.5 Å². The number of fused-ring (bicyclic) bond motifs is 2. The van der Waals surface area contributed by atoms with E-state index < -0.39 is 0 Å². The summed E-state index contributed by atoms with van der Waals surface area (Å²) in [5.74, 6) is 0.556. The highest BCUT2D eigenvalue weighted by atomic mass is 16.8. The van der Waals surface area contributed by atoms with E-state index in [0.717, 1.165) is 0 Å². The van der Waals surface area contributed by atoms with E-state index >= 15 is 0 Å². The minimum absolute atomic E-state index is 0.0454. The lowest BCUT2D eigenvalue weighted by Gasteiger charge is -2.22. The molecule has 6 rings (SSSR count). The molecular weight excluding hydrogens is 438 g/mol. The van der Waals surface area contributed by atoms with E-state index in [2.05, 4.69) is 40.9 Å². The molecule has 13 heteroatoms. The Morgan fingerprint density at radius 3 is 1.91 bits per heavy atom. The lowest BCUT2D eigenvalue weighted by atomic mass is 10.3. The Bertz CT molecular complexity index is 1550. The van der Waals surface area contributed by atoms with E-state index in [1.54, 1.807) is 12.1 Å². The standard InChI is InChI=1S/C21H14N11O2/c33-32(34)14-7-5-6-13(12-14)22-19-23-20(30-17-10-3-1-8-15(17)26-28-30)25-21(24-19)31-18-11-4-2-9-16(18)27-29-31/h1-12,33H,(H,22,23,24,25)/q-1. The van der Waals surface area contributed by atoms with Crippen molar-refractivity contribution in [2.24, 2.45) is 0 Å². The summed E-state index contributed by atoms with van der Waals surface area (Å²) in [5.41, 5.74) is 3.29. The largest absolute Gasteiger partial charge is 0.733 e. The SMILES string of the molecule is [O-]N(O)c1cccc(Nc2nc(-n3nnc4ccccc43)nc(-n3nnc4ccccc43)n2)c1. The van der Waals surface area contributed by atoms with Crippen molar-refractivity contribution in [3.05, 3.63) is 78.0 Å². The van der Waals surface area contributed by atoms with Gasteiger partial charge in [-0.3, -0.25) is 5.21 Å². The maximum atomic E-state index is 11.3. The number of anilines is 3. The normalized spacial score (nSPS) is 11.2. The molecule has 0 unspecified atom stereocenters. The fourth-order valence-electron chi connectivity index (χ4n) is 3.46. The van der Waals surface area contributed by atoms with Gasteiger partial charge in [0.15, 0.2) is 0 Å². The van der Waals surface area contributed by atoms with Crippen LogP contribution in [0.2, 0.25) is 0 Å². The fourth-order valence-corrected chi connectivity index (χ4v) is 3.46. The minimum Gasteiger partial charge on any atom is -0.733 e. The van der Waals surface area contributed by atoms with Crippen LogP contribution >= 0.6 is 0 Å². The van der Waals surface area contributed by atoms with Gasteiger partial charge in [0, 0.05) is 5.69 Å². The molecule has 166 valence electrons. The summed E-state index contributed by atoms with van der Waals surface area (Å²) in [7, 11) is 0. The third kappa shape index (κ3) is 3.42. The number of rotatable bonds is 5. The Morgan fingerprint density at radius 2 is 1.32 bits per heavy atom. The highest BCUT2D eigenvalue weighted by Gasteiger charge is 2.16. The molecule has 3 aromatic heterocycles. The quantitative estimate of drug-likeness (QED) is 0.370. The average Bonchev–Trinajstić information content (AvgIpc) is 3.49. The highest BCUT2D eigenvalue weighted by molar-refractivity contribution is 5.76. The van der Waals surface area contributed by atoms with E-state index in [1.807, 2.05) is 48.5 Å². The van der Waals surface area contributed by atoms with Gasteiger partial charge < -0.3 is 15.8 Å². The predicted octanol–water partition coefficient (Wildman–Crippen LogP) is 2.78. The second kappa shape index (κ2) is 7.84. The first-order valence-corrected chi connectivity index (χ1v) is 10.1. The molecule has 0 spiro atoms. The molecule has 0 amide bonds. The third-order valence-corrected chi connectivity index (χ3v) is 5.02. The van der Waals surface area contributed by atoms with Gasteiger partial charge >= 0.3 is 0 Å². The summed E-state index contributed by atoms with van der Waals surface area (Å²) in [5, 5.41) is 40.1. The molecule has 0 aliphatic heterocycles. The molecule has 0 fully saturated rings. The van der Waals surface area contributed by atoms with Crippen LogP contribution in [0.5, 0.6) is 0 Å². The van der Waals surface area contributed by atoms with Gasteiger partial charge in [0.2, 0.25) is 5.95 Å². The number of nitrogens with one attached hydrogen (secondary N) is 1. The number of hydrogen-bond acceptors (Lipinski definition) is 11. The van der Waals surface area contributed by atoms with Crippen molar-refractivity contribution < 1.29 is 5.21 Å². The number of aromatic nitrogens is 9. The van der Waals surface area contributed by atoms with Crippen LogP contribution in [0.4, 0.5) is 17.3 Å². The Morgan fingerprint density at radius 1 is 0.735 bits per heavy atom. The summed E-state index contributed by atoms with van der Waals surface area (Å²) in [6.45, 7) is 0. The molecule has 0 aliphatic carbocycles. The van der Waals surface area contributed by atoms with Gasteiger partial charge in [-0.15, -0.1) is 10.2 Å². The lowest BCUT2D eigenvalue weighted by Crippen LogP contribution is -2.13. The first kappa shape index (κ1) is 19.7. The Kier molecular flexibility index (Phi) is 4.53. The number of para-hydroxylation sites is 2. The second-order valence-corrected chi connectivity index (χ2v) is 7.19. The van der Waals surface area contributed by atoms with Crippen LogP contribution in [0.1, 0.15) is 0 Å². The monoisotopic (exact) mass is 452 g/mol. The van der Waals surface area contributed by atoms with E-state index in [-0.39, 0.29) is 28.8 Å². The van der Waals surface area contributed by atoms with E-state index in [9.17, 15) is 10.4 Å². The van der Waals surface area contributed by atoms with E-state index in [1.165, 1.54) is 21.5 Å². The van der Waals surface area contributed by atoms with Crippen molar-refractivity contribution in [2.45, 2.75) is 0 Å². The molecule has 0 bridgehead atoms. The van der Waals surface area contributed by atoms with Crippen LogP contribution in [0.3, 0.4) is 0 Å². The molecule has 0 aliphatic rings. The van der Waals surface area contributed by atoms with Gasteiger partial charge in [-0.2, -0.15) is 24.3 Å². The van der Waals surface area contributed by atoms with Crippen LogP contribution in [-0.2, 0) is 0 Å². The maximum Gasteiger partial charge on any atom is 0.259 e. The van der Waals surface area contributed by atoms with Crippen molar-refractivity contribution >= 4 is 39.4 Å². The molecular formula is C21H14N11O2-. The minimum atomic E-state index is -0.224. The van der Waals surface area contributed by atoms with Crippen molar-refractivity contribution in [3.8, 4) is 11.9 Å². The number of nitrogens with zero attached hydrogens (tertiary/aromatic N) is 10. The van der Waals surface area contributed by atoms with Crippen LogP contribution in [-0.4, -0.2) is 50.1 Å². The maximum absolute atomic E-state index is 11.3. The molecule has 0 atom stereocenters. The topological polar surface area (TPSA) is 159 Å². The fraction of sp³-hybridized carbons (Fsp3) is 0. The van der Waals surface area contributed by atoms with Crippen molar-refractivity contribution in [3.63, 3.8) is 0 Å². The lowest BCUT2D eigenvalue weighted by molar-refractivity contribution is 0.296. The van der Waals surface area contributed by atoms with Gasteiger partial charge in [-0.1, -0.05) is 40.8 Å². The molecule has 3 aromatic carbocycles. The molecule has 3 heterocycles. The molecule has 2 N–H and O–H groups in total. The zero-order valence-corrected chi connectivity index (χ0v) is 17.3. The molecule has 6 aromatic rings. The molecule has 34 heavy (non-hydrogen) atoms. The van der Waals surface area contributed by atoms with Gasteiger partial charge in [-0.25, -0.2) is 0 Å². The molecule has 0 radical (unpaired) electrons. The van der Waals surface area contributed by atoms with Gasteiger partial charge in [-0.05, 0) is 42.5 Å². The predicted molar refractivity (Wildman–Crippen MR) is 122 cm³/mol. The summed E-state index contributed by atoms with van der Waals surface area (Å²) in [4.78, 5) is 13.6. The van der Waals surface area contributed by atoms with Crippen LogP contribution < -0.4 is 10.5 Å². The Hall–Kier alpha value is -5.01. The third-order valence-electron chi connectivity index (χ3n) is 5.02. The molecule has 13 nitrogen and oxygen atoms in total. The number of hydrogen-bond donors (Lipinski definition) is 2. The van der Waals surface area contributed by atoms with Crippen molar-refractivity contribution in [1.82, 2.24) is 44.9 Å². The van der Waals surface area contributed by atoms with Crippen LogP contribution in [0.15, 0.2) is 72.8 Å². The summed E-state index contributed by atoms with van der Waals surface area (Å²) in [6.07, 6.45) is 0. The number of benzene rings is 3. The zero-order valence-electron chi connectivity index (χ0n) is 17.3.